The molecule has 0 fully saturated rings. The van der Waals surface area contributed by atoms with Crippen LogP contribution in [-0.4, -0.2) is 9.13 Å². The molecule has 0 spiro atoms. The fourth-order valence-corrected chi connectivity index (χ4v) is 9.13. The highest BCUT2D eigenvalue weighted by molar-refractivity contribution is 6.17. The van der Waals surface area contributed by atoms with E-state index >= 15 is 0 Å². The highest BCUT2D eigenvalue weighted by Gasteiger charge is 2.19. The van der Waals surface area contributed by atoms with Crippen LogP contribution < -0.4 is 0 Å². The number of furan rings is 1. The second-order valence-corrected chi connectivity index (χ2v) is 14.9. The molecule has 0 radical (unpaired) electrons. The minimum atomic E-state index is 0.897. The van der Waals surface area contributed by atoms with Crippen molar-refractivity contribution in [2.24, 2.45) is 0 Å². The van der Waals surface area contributed by atoms with Gasteiger partial charge in [-0.25, -0.2) is 0 Å². The first-order chi connectivity index (χ1) is 28.3. The molecular weight excluding hydrogens is 693 g/mol. The van der Waals surface area contributed by atoms with Crippen LogP contribution in [0.3, 0.4) is 0 Å². The highest BCUT2D eigenvalue weighted by atomic mass is 16.3. The van der Waals surface area contributed by atoms with Crippen molar-refractivity contribution in [3.05, 3.63) is 206 Å². The van der Waals surface area contributed by atoms with Gasteiger partial charge in [0.15, 0.2) is 0 Å². The molecule has 3 aromatic heterocycles. The van der Waals surface area contributed by atoms with Crippen LogP contribution in [0.2, 0.25) is 0 Å². The minimum Gasteiger partial charge on any atom is -0.456 e. The third kappa shape index (κ3) is 4.92. The lowest BCUT2D eigenvalue weighted by Gasteiger charge is -2.11. The van der Waals surface area contributed by atoms with Crippen molar-refractivity contribution in [1.82, 2.24) is 9.13 Å². The van der Waals surface area contributed by atoms with Crippen LogP contribution in [0.15, 0.2) is 211 Å². The van der Waals surface area contributed by atoms with Gasteiger partial charge in [-0.2, -0.15) is 0 Å². The fraction of sp³-hybridized carbons (Fsp3) is 0. The first-order valence-corrected chi connectivity index (χ1v) is 19.5. The molecule has 57 heavy (non-hydrogen) atoms. The van der Waals surface area contributed by atoms with Crippen LogP contribution >= 0.6 is 0 Å². The van der Waals surface area contributed by atoms with Crippen LogP contribution in [0.4, 0.5) is 0 Å². The van der Waals surface area contributed by atoms with Crippen LogP contribution in [-0.2, 0) is 0 Å². The molecule has 0 aliphatic rings. The van der Waals surface area contributed by atoms with E-state index in [0.29, 0.717) is 0 Å². The Bertz CT molecular complexity index is 3510. The Balaban J connectivity index is 1.07. The second kappa shape index (κ2) is 12.5. The molecule has 0 bridgehead atoms. The molecule has 9 aromatic carbocycles. The van der Waals surface area contributed by atoms with E-state index in [-0.39, 0.29) is 0 Å². The molecule has 0 aliphatic heterocycles. The van der Waals surface area contributed by atoms with Crippen molar-refractivity contribution >= 4 is 65.6 Å². The number of para-hydroxylation sites is 2. The van der Waals surface area contributed by atoms with E-state index in [4.69, 9.17) is 4.42 Å². The Labute approximate surface area is 328 Å². The van der Waals surface area contributed by atoms with Crippen molar-refractivity contribution in [3.8, 4) is 44.8 Å². The number of nitrogens with zero attached hydrogens (tertiary/aromatic N) is 2. The number of fused-ring (bicyclic) bond motifs is 9. The molecule has 0 unspecified atom stereocenters. The normalized spacial score (nSPS) is 11.9. The predicted molar refractivity (Wildman–Crippen MR) is 239 cm³/mol. The van der Waals surface area contributed by atoms with Gasteiger partial charge < -0.3 is 13.6 Å². The zero-order valence-electron chi connectivity index (χ0n) is 30.9. The van der Waals surface area contributed by atoms with Gasteiger partial charge in [-0.15, -0.1) is 0 Å². The first kappa shape index (κ1) is 31.7. The maximum absolute atomic E-state index is 6.24. The number of aromatic nitrogens is 2. The van der Waals surface area contributed by atoms with Crippen molar-refractivity contribution in [3.63, 3.8) is 0 Å². The van der Waals surface area contributed by atoms with Gasteiger partial charge in [0.1, 0.15) is 11.2 Å². The summed E-state index contributed by atoms with van der Waals surface area (Å²) in [6.45, 7) is 0. The Kier molecular flexibility index (Phi) is 6.93. The minimum absolute atomic E-state index is 0.897. The van der Waals surface area contributed by atoms with Crippen LogP contribution in [0.25, 0.3) is 110 Å². The van der Waals surface area contributed by atoms with Crippen molar-refractivity contribution < 1.29 is 4.42 Å². The molecule has 3 heterocycles. The maximum Gasteiger partial charge on any atom is 0.135 e. The largest absolute Gasteiger partial charge is 0.456 e. The Morgan fingerprint density at radius 3 is 1.67 bits per heavy atom. The van der Waals surface area contributed by atoms with Gasteiger partial charge in [-0.05, 0) is 106 Å². The van der Waals surface area contributed by atoms with Crippen LogP contribution in [0.1, 0.15) is 0 Å². The van der Waals surface area contributed by atoms with E-state index < -0.39 is 0 Å². The number of hydrogen-bond donors (Lipinski definition) is 0. The second-order valence-electron chi connectivity index (χ2n) is 14.9. The van der Waals surface area contributed by atoms with Gasteiger partial charge in [-0.1, -0.05) is 133 Å². The number of benzene rings is 9. The summed E-state index contributed by atoms with van der Waals surface area (Å²) in [6.07, 6.45) is 0. The summed E-state index contributed by atoms with van der Waals surface area (Å²) in [4.78, 5) is 0. The average molecular weight is 727 g/mol. The Morgan fingerprint density at radius 1 is 0.281 bits per heavy atom. The quantitative estimate of drug-likeness (QED) is 0.173. The predicted octanol–water partition coefficient (Wildman–Crippen LogP) is 14.8. The van der Waals surface area contributed by atoms with Gasteiger partial charge in [0.05, 0.1) is 22.1 Å². The van der Waals surface area contributed by atoms with Gasteiger partial charge in [-0.3, -0.25) is 0 Å². The van der Waals surface area contributed by atoms with Gasteiger partial charge in [0.2, 0.25) is 0 Å². The molecular formula is C54H34N2O. The van der Waals surface area contributed by atoms with E-state index in [2.05, 4.69) is 203 Å². The van der Waals surface area contributed by atoms with Gasteiger partial charge >= 0.3 is 0 Å². The highest BCUT2D eigenvalue weighted by Crippen LogP contribution is 2.42. The number of hydrogen-bond acceptors (Lipinski definition) is 1. The van der Waals surface area contributed by atoms with Crippen LogP contribution in [0, 0.1) is 0 Å². The lowest BCUT2D eigenvalue weighted by molar-refractivity contribution is 0.669. The Morgan fingerprint density at radius 2 is 0.842 bits per heavy atom. The third-order valence-electron chi connectivity index (χ3n) is 11.7. The van der Waals surface area contributed by atoms with E-state index in [0.717, 1.165) is 33.3 Å². The monoisotopic (exact) mass is 726 g/mol. The summed E-state index contributed by atoms with van der Waals surface area (Å²) >= 11 is 0. The summed E-state index contributed by atoms with van der Waals surface area (Å²) in [5, 5.41) is 7.19. The Hall–Kier alpha value is -7.62. The molecule has 0 atom stereocenters. The summed E-state index contributed by atoms with van der Waals surface area (Å²) in [5.74, 6) is 0. The van der Waals surface area contributed by atoms with Gasteiger partial charge in [0, 0.05) is 43.7 Å². The zero-order chi connectivity index (χ0) is 37.5. The van der Waals surface area contributed by atoms with E-state index in [9.17, 15) is 0 Å². The molecule has 3 heteroatoms. The van der Waals surface area contributed by atoms with E-state index in [1.165, 1.54) is 77.0 Å². The first-order valence-electron chi connectivity index (χ1n) is 19.5. The van der Waals surface area contributed by atoms with E-state index in [1.54, 1.807) is 0 Å². The molecule has 0 saturated carbocycles. The smallest absolute Gasteiger partial charge is 0.135 e. The standard InChI is InChI=1S/C54H34N2O/c1-3-13-35(14-4-1)37-17-11-18-40(31-37)55-48-22-9-7-19-43(48)45-32-38(25-28-49(45)55)39-26-29-50-47(33-39)54-42(36-15-5-2-6-16-36)21-12-23-51(54)56(50)41-27-30-53-46(34-41)44-20-8-10-24-52(44)57-53/h1-34H. The zero-order valence-corrected chi connectivity index (χ0v) is 30.9. The molecule has 0 saturated heterocycles. The maximum atomic E-state index is 6.24. The fourth-order valence-electron chi connectivity index (χ4n) is 9.13. The van der Waals surface area contributed by atoms with Crippen molar-refractivity contribution in [1.29, 1.82) is 0 Å². The van der Waals surface area contributed by atoms with Gasteiger partial charge in [0.25, 0.3) is 0 Å². The van der Waals surface area contributed by atoms with E-state index in [1.807, 2.05) is 12.1 Å². The van der Waals surface area contributed by atoms with Crippen molar-refractivity contribution in [2.45, 2.75) is 0 Å². The van der Waals surface area contributed by atoms with Crippen molar-refractivity contribution in [2.75, 3.05) is 0 Å². The summed E-state index contributed by atoms with van der Waals surface area (Å²) < 4.78 is 11.1. The molecule has 12 rings (SSSR count). The molecule has 0 N–H and O–H groups in total. The summed E-state index contributed by atoms with van der Waals surface area (Å²) in [5.41, 5.74) is 16.0. The summed E-state index contributed by atoms with van der Waals surface area (Å²) in [7, 11) is 0. The SMILES string of the molecule is c1ccc(-c2cccc(-n3c4ccccc4c4cc(-c5ccc6c(c5)c5c(-c7ccccc7)cccc5n6-c5ccc6oc7ccccc7c6c5)ccc43)c2)cc1. The third-order valence-corrected chi connectivity index (χ3v) is 11.7. The topological polar surface area (TPSA) is 23.0 Å². The summed E-state index contributed by atoms with van der Waals surface area (Å²) in [6, 6.07) is 74.6. The lowest BCUT2D eigenvalue weighted by atomic mass is 9.97. The number of rotatable bonds is 5. The average Bonchev–Trinajstić information content (AvgIpc) is 3.94. The molecule has 12 aromatic rings. The molecule has 266 valence electrons. The van der Waals surface area contributed by atoms with Crippen LogP contribution in [0.5, 0.6) is 0 Å². The lowest BCUT2D eigenvalue weighted by Crippen LogP contribution is -1.94. The molecule has 0 amide bonds. The molecule has 3 nitrogen and oxygen atoms in total. The molecule has 0 aliphatic carbocycles.